The quantitative estimate of drug-likeness (QED) is 0.745. The van der Waals surface area contributed by atoms with Gasteiger partial charge in [-0.2, -0.15) is 0 Å². The van der Waals surface area contributed by atoms with Crippen LogP contribution in [0.1, 0.15) is 5.56 Å². The average molecular weight is 228 g/mol. The van der Waals surface area contributed by atoms with Gasteiger partial charge in [-0.15, -0.1) is 0 Å². The highest BCUT2D eigenvalue weighted by atomic mass is 19.1. The second-order valence-electron chi connectivity index (χ2n) is 3.26. The lowest BCUT2D eigenvalue weighted by Gasteiger charge is -2.15. The van der Waals surface area contributed by atoms with E-state index in [9.17, 15) is 18.4 Å². The molecule has 2 amide bonds. The van der Waals surface area contributed by atoms with Gasteiger partial charge in [0.05, 0.1) is 0 Å². The third-order valence-corrected chi connectivity index (χ3v) is 1.98. The molecule has 0 aliphatic carbocycles. The van der Waals surface area contributed by atoms with Gasteiger partial charge in [0.2, 0.25) is 0 Å². The van der Waals surface area contributed by atoms with Crippen molar-refractivity contribution >= 4 is 11.8 Å². The number of nitrogens with zero attached hydrogens (tertiary/aromatic N) is 1. The number of carbonyl (C=O) groups is 2. The van der Waals surface area contributed by atoms with Crippen molar-refractivity contribution in [1.82, 2.24) is 4.90 Å². The molecule has 16 heavy (non-hydrogen) atoms. The average Bonchev–Trinajstić information content (AvgIpc) is 2.20. The first kappa shape index (κ1) is 12.1. The van der Waals surface area contributed by atoms with Crippen LogP contribution >= 0.6 is 0 Å². The van der Waals surface area contributed by atoms with Crippen LogP contribution in [0.3, 0.4) is 0 Å². The molecule has 0 unspecified atom stereocenters. The van der Waals surface area contributed by atoms with Crippen molar-refractivity contribution in [2.75, 3.05) is 7.05 Å². The molecule has 1 aromatic rings. The molecule has 4 nitrogen and oxygen atoms in total. The molecule has 1 aromatic carbocycles. The Labute approximate surface area is 90.6 Å². The standard InChI is InChI=1S/C10H10F2N2O2/c1-14(10(16)9(13)15)5-6-2-3-7(11)4-8(6)12/h2-4H,5H2,1H3,(H2,13,15). The summed E-state index contributed by atoms with van der Waals surface area (Å²) in [5, 5.41) is 0. The highest BCUT2D eigenvalue weighted by molar-refractivity contribution is 6.34. The highest BCUT2D eigenvalue weighted by Crippen LogP contribution is 2.11. The molecular formula is C10H10F2N2O2. The molecule has 0 saturated heterocycles. The van der Waals surface area contributed by atoms with E-state index in [1.165, 1.54) is 13.1 Å². The Bertz CT molecular complexity index is 435. The van der Waals surface area contributed by atoms with Gasteiger partial charge >= 0.3 is 11.8 Å². The van der Waals surface area contributed by atoms with Gasteiger partial charge in [0.1, 0.15) is 11.6 Å². The largest absolute Gasteiger partial charge is 0.361 e. The SMILES string of the molecule is CN(Cc1ccc(F)cc1F)C(=O)C(N)=O. The maximum Gasteiger partial charge on any atom is 0.311 e. The van der Waals surface area contributed by atoms with Gasteiger partial charge in [-0.25, -0.2) is 8.78 Å². The molecule has 0 bridgehead atoms. The fraction of sp³-hybridized carbons (Fsp3) is 0.200. The molecule has 0 aromatic heterocycles. The predicted octanol–water partition coefficient (Wildman–Crippen LogP) is 0.409. The summed E-state index contributed by atoms with van der Waals surface area (Å²) in [6.45, 7) is -0.145. The fourth-order valence-corrected chi connectivity index (χ4v) is 1.17. The predicted molar refractivity (Wildman–Crippen MR) is 52.0 cm³/mol. The molecule has 0 saturated carbocycles. The summed E-state index contributed by atoms with van der Waals surface area (Å²) < 4.78 is 25.8. The second kappa shape index (κ2) is 4.69. The van der Waals surface area contributed by atoms with Crippen LogP contribution in [0.4, 0.5) is 8.78 Å². The minimum Gasteiger partial charge on any atom is -0.361 e. The van der Waals surface area contributed by atoms with Crippen LogP contribution in [0.25, 0.3) is 0 Å². The Kier molecular flexibility index (Phi) is 3.55. The van der Waals surface area contributed by atoms with Crippen molar-refractivity contribution < 1.29 is 18.4 Å². The van der Waals surface area contributed by atoms with Crippen molar-refractivity contribution in [2.45, 2.75) is 6.54 Å². The molecule has 0 atom stereocenters. The van der Waals surface area contributed by atoms with Gasteiger partial charge in [-0.05, 0) is 6.07 Å². The van der Waals surface area contributed by atoms with E-state index >= 15 is 0 Å². The van der Waals surface area contributed by atoms with Crippen molar-refractivity contribution in [3.63, 3.8) is 0 Å². The van der Waals surface area contributed by atoms with E-state index in [0.717, 1.165) is 11.0 Å². The second-order valence-corrected chi connectivity index (χ2v) is 3.26. The molecule has 0 fully saturated rings. The Hall–Kier alpha value is -1.98. The zero-order valence-corrected chi connectivity index (χ0v) is 8.54. The van der Waals surface area contributed by atoms with Crippen LogP contribution in [0.2, 0.25) is 0 Å². The summed E-state index contributed by atoms with van der Waals surface area (Å²) in [5.74, 6) is -3.53. The zero-order chi connectivity index (χ0) is 12.3. The van der Waals surface area contributed by atoms with Gasteiger partial charge < -0.3 is 10.6 Å². The number of primary amides is 1. The molecular weight excluding hydrogens is 218 g/mol. The van der Waals surface area contributed by atoms with E-state index in [1.807, 2.05) is 0 Å². The molecule has 0 heterocycles. The van der Waals surface area contributed by atoms with Gasteiger partial charge in [-0.1, -0.05) is 6.07 Å². The lowest BCUT2D eigenvalue weighted by molar-refractivity contribution is -0.143. The third kappa shape index (κ3) is 2.75. The first-order valence-electron chi connectivity index (χ1n) is 4.40. The maximum atomic E-state index is 13.2. The molecule has 1 rings (SSSR count). The Balaban J connectivity index is 2.81. The zero-order valence-electron chi connectivity index (χ0n) is 8.54. The number of likely N-dealkylation sites (N-methyl/N-ethyl adjacent to an activating group) is 1. The van der Waals surface area contributed by atoms with Crippen LogP contribution in [0, 0.1) is 11.6 Å². The number of hydrogen-bond donors (Lipinski definition) is 1. The number of rotatable bonds is 2. The van der Waals surface area contributed by atoms with Crippen LogP contribution in [0.5, 0.6) is 0 Å². The summed E-state index contributed by atoms with van der Waals surface area (Å²) in [6, 6.07) is 2.98. The first-order chi connectivity index (χ1) is 7.41. The normalized spacial score (nSPS) is 9.94. The van der Waals surface area contributed by atoms with Crippen molar-refractivity contribution in [2.24, 2.45) is 5.73 Å². The van der Waals surface area contributed by atoms with E-state index in [4.69, 9.17) is 5.73 Å². The van der Waals surface area contributed by atoms with Crippen molar-refractivity contribution in [3.8, 4) is 0 Å². The minimum atomic E-state index is -1.12. The van der Waals surface area contributed by atoms with Gasteiger partial charge in [0, 0.05) is 25.2 Å². The summed E-state index contributed by atoms with van der Waals surface area (Å²) in [5.41, 5.74) is 4.88. The number of amides is 2. The molecule has 2 N–H and O–H groups in total. The maximum absolute atomic E-state index is 13.2. The molecule has 0 aliphatic heterocycles. The summed E-state index contributed by atoms with van der Waals surface area (Å²) >= 11 is 0. The van der Waals surface area contributed by atoms with E-state index in [0.29, 0.717) is 6.07 Å². The van der Waals surface area contributed by atoms with Crippen molar-refractivity contribution in [1.29, 1.82) is 0 Å². The lowest BCUT2D eigenvalue weighted by Crippen LogP contribution is -2.37. The van der Waals surface area contributed by atoms with Crippen LogP contribution in [-0.2, 0) is 16.1 Å². The van der Waals surface area contributed by atoms with E-state index in [-0.39, 0.29) is 12.1 Å². The van der Waals surface area contributed by atoms with Gasteiger partial charge in [-0.3, -0.25) is 9.59 Å². The summed E-state index contributed by atoms with van der Waals surface area (Å²) in [6.07, 6.45) is 0. The topological polar surface area (TPSA) is 63.4 Å². The Morgan fingerprint density at radius 3 is 2.50 bits per heavy atom. The lowest BCUT2D eigenvalue weighted by atomic mass is 10.2. The monoisotopic (exact) mass is 228 g/mol. The number of nitrogens with two attached hydrogens (primary N) is 1. The first-order valence-corrected chi connectivity index (χ1v) is 4.40. The number of carbonyl (C=O) groups excluding carboxylic acids is 2. The van der Waals surface area contributed by atoms with E-state index < -0.39 is 23.4 Å². The molecule has 0 radical (unpaired) electrons. The van der Waals surface area contributed by atoms with Crippen LogP contribution < -0.4 is 5.73 Å². The number of hydrogen-bond acceptors (Lipinski definition) is 2. The summed E-state index contributed by atoms with van der Waals surface area (Å²) in [4.78, 5) is 22.6. The van der Waals surface area contributed by atoms with E-state index in [2.05, 4.69) is 0 Å². The molecule has 0 spiro atoms. The molecule has 6 heteroatoms. The Morgan fingerprint density at radius 1 is 1.38 bits per heavy atom. The van der Waals surface area contributed by atoms with Crippen LogP contribution in [0.15, 0.2) is 18.2 Å². The smallest absolute Gasteiger partial charge is 0.311 e. The fourth-order valence-electron chi connectivity index (χ4n) is 1.17. The van der Waals surface area contributed by atoms with Gasteiger partial charge in [0.15, 0.2) is 0 Å². The Morgan fingerprint density at radius 2 is 2.00 bits per heavy atom. The highest BCUT2D eigenvalue weighted by Gasteiger charge is 2.16. The third-order valence-electron chi connectivity index (χ3n) is 1.98. The van der Waals surface area contributed by atoms with E-state index in [1.54, 1.807) is 0 Å². The number of halogens is 2. The number of benzene rings is 1. The minimum absolute atomic E-state index is 0.110. The molecule has 0 aliphatic rings. The summed E-state index contributed by atoms with van der Waals surface area (Å²) in [7, 11) is 1.30. The van der Waals surface area contributed by atoms with Gasteiger partial charge in [0.25, 0.3) is 0 Å². The van der Waals surface area contributed by atoms with Crippen molar-refractivity contribution in [3.05, 3.63) is 35.4 Å². The molecule has 86 valence electrons. The van der Waals surface area contributed by atoms with Crippen LogP contribution in [-0.4, -0.2) is 23.8 Å².